The monoisotopic (exact) mass is 482 g/mol. The fourth-order valence-electron chi connectivity index (χ4n) is 3.50. The highest BCUT2D eigenvalue weighted by molar-refractivity contribution is 5.80. The van der Waals surface area contributed by atoms with Crippen molar-refractivity contribution in [3.63, 3.8) is 0 Å². The number of hydrogen-bond acceptors (Lipinski definition) is 10. The molecule has 0 aromatic heterocycles. The maximum absolute atomic E-state index is 12.2. The number of phenolic OH excluding ortho intramolecular Hbond substituents is 1. The molecule has 1 fully saturated rings. The summed E-state index contributed by atoms with van der Waals surface area (Å²) in [6.07, 6.45) is -5.78. The molecule has 1 aliphatic rings. The fourth-order valence-corrected chi connectivity index (χ4v) is 3.50. The van der Waals surface area contributed by atoms with Crippen LogP contribution in [0.1, 0.15) is 25.3 Å². The smallest absolute Gasteiger partial charge is 0.306 e. The van der Waals surface area contributed by atoms with Crippen LogP contribution >= 0.6 is 0 Å². The van der Waals surface area contributed by atoms with Crippen molar-refractivity contribution in [1.29, 1.82) is 0 Å². The Balaban J connectivity index is 1.91. The Morgan fingerprint density at radius 2 is 1.76 bits per heavy atom. The molecule has 1 aromatic rings. The number of ether oxygens (including phenoxy) is 3. The fraction of sp³-hybridized carbons (Fsp3) is 0.522. The second kappa shape index (κ2) is 13.2. The Hall–Kier alpha value is -2.83. The number of allylic oxidation sites excluding steroid dienone is 2. The van der Waals surface area contributed by atoms with E-state index in [9.17, 15) is 34.8 Å². The number of rotatable bonds is 12. The van der Waals surface area contributed by atoms with E-state index in [0.717, 1.165) is 5.56 Å². The van der Waals surface area contributed by atoms with Crippen LogP contribution < -0.4 is 0 Å². The predicted molar refractivity (Wildman–Crippen MR) is 116 cm³/mol. The van der Waals surface area contributed by atoms with Crippen LogP contribution in [-0.2, 0) is 35.0 Å². The Kier molecular flexibility index (Phi) is 10.6. The third-order valence-electron chi connectivity index (χ3n) is 5.46. The summed E-state index contributed by atoms with van der Waals surface area (Å²) in [5.41, 5.74) is 0.995. The molecule has 0 saturated carbocycles. The second-order valence-electron chi connectivity index (χ2n) is 7.89. The van der Waals surface area contributed by atoms with E-state index in [2.05, 4.69) is 0 Å². The first-order chi connectivity index (χ1) is 16.2. The molecule has 0 amide bonds. The zero-order chi connectivity index (χ0) is 25.3. The van der Waals surface area contributed by atoms with Gasteiger partial charge in [-0.15, -0.1) is 0 Å². The van der Waals surface area contributed by atoms with Gasteiger partial charge in [-0.05, 0) is 36.6 Å². The van der Waals surface area contributed by atoms with Gasteiger partial charge in [0.15, 0.2) is 6.29 Å². The van der Waals surface area contributed by atoms with E-state index in [1.165, 1.54) is 18.2 Å². The van der Waals surface area contributed by atoms with Crippen molar-refractivity contribution in [2.24, 2.45) is 5.92 Å². The molecule has 1 saturated heterocycles. The molecular weight excluding hydrogens is 452 g/mol. The van der Waals surface area contributed by atoms with Crippen LogP contribution in [0.25, 0.3) is 0 Å². The van der Waals surface area contributed by atoms with Crippen LogP contribution in [0.4, 0.5) is 0 Å². The summed E-state index contributed by atoms with van der Waals surface area (Å²) in [6, 6.07) is 6.42. The second-order valence-corrected chi connectivity index (χ2v) is 7.89. The van der Waals surface area contributed by atoms with Gasteiger partial charge in [0.05, 0.1) is 19.4 Å². The number of carboxylic acids is 1. The Morgan fingerprint density at radius 3 is 2.35 bits per heavy atom. The predicted octanol–water partition coefficient (Wildman–Crippen LogP) is -0.0717. The number of aldehydes is 1. The van der Waals surface area contributed by atoms with Crippen molar-refractivity contribution < 1.29 is 54.1 Å². The van der Waals surface area contributed by atoms with Gasteiger partial charge in [0.25, 0.3) is 0 Å². The molecule has 2 rings (SSSR count). The SMILES string of the molecule is CC=C(C=O)C(CC(=O)O)CC(=O)OCC1OC(OCCc2ccc(O)cc2)C(O)C(O)C1O. The van der Waals surface area contributed by atoms with E-state index in [1.807, 2.05) is 0 Å². The molecule has 5 N–H and O–H groups in total. The van der Waals surface area contributed by atoms with Crippen molar-refractivity contribution in [3.8, 4) is 5.75 Å². The van der Waals surface area contributed by atoms with E-state index >= 15 is 0 Å². The minimum absolute atomic E-state index is 0.0938. The molecule has 11 nitrogen and oxygen atoms in total. The summed E-state index contributed by atoms with van der Waals surface area (Å²) in [4.78, 5) is 34.4. The number of carbonyl (C=O) groups is 3. The standard InChI is InChI=1S/C23H30O11/c1-2-14(11-24)15(9-18(26)27)10-19(28)33-12-17-20(29)21(30)22(31)23(34-17)32-8-7-13-3-5-16(25)6-4-13/h2-6,11,15,17,20-23,25,29-31H,7-10,12H2,1H3,(H,26,27). The first-order valence-corrected chi connectivity index (χ1v) is 10.7. The van der Waals surface area contributed by atoms with Crippen molar-refractivity contribution in [3.05, 3.63) is 41.5 Å². The number of carbonyl (C=O) groups excluding carboxylic acids is 2. The first kappa shape index (κ1) is 27.4. The molecule has 1 heterocycles. The maximum Gasteiger partial charge on any atom is 0.306 e. The number of aliphatic hydroxyl groups is 3. The lowest BCUT2D eigenvalue weighted by molar-refractivity contribution is -0.301. The summed E-state index contributed by atoms with van der Waals surface area (Å²) >= 11 is 0. The van der Waals surface area contributed by atoms with Crippen LogP contribution in [0.2, 0.25) is 0 Å². The van der Waals surface area contributed by atoms with E-state index in [0.29, 0.717) is 12.7 Å². The minimum atomic E-state index is -1.62. The average molecular weight is 482 g/mol. The van der Waals surface area contributed by atoms with Gasteiger partial charge in [0, 0.05) is 5.92 Å². The quantitative estimate of drug-likeness (QED) is 0.153. The van der Waals surface area contributed by atoms with Gasteiger partial charge in [0.1, 0.15) is 43.1 Å². The van der Waals surface area contributed by atoms with Crippen LogP contribution in [0.15, 0.2) is 35.9 Å². The number of aromatic hydroxyl groups is 1. The Bertz CT molecular complexity index is 851. The van der Waals surface area contributed by atoms with Crippen molar-refractivity contribution >= 4 is 18.2 Å². The lowest BCUT2D eigenvalue weighted by Crippen LogP contribution is -2.59. The van der Waals surface area contributed by atoms with Crippen LogP contribution in [0.5, 0.6) is 5.75 Å². The summed E-state index contributed by atoms with van der Waals surface area (Å²) in [6.45, 7) is 1.15. The average Bonchev–Trinajstić information content (AvgIpc) is 2.80. The Morgan fingerprint density at radius 1 is 1.09 bits per heavy atom. The molecule has 0 aliphatic carbocycles. The number of esters is 1. The molecule has 0 radical (unpaired) electrons. The zero-order valence-corrected chi connectivity index (χ0v) is 18.6. The third-order valence-corrected chi connectivity index (χ3v) is 5.46. The van der Waals surface area contributed by atoms with E-state index in [-0.39, 0.29) is 24.4 Å². The van der Waals surface area contributed by atoms with Crippen molar-refractivity contribution in [1.82, 2.24) is 0 Å². The van der Waals surface area contributed by atoms with Gasteiger partial charge >= 0.3 is 11.9 Å². The number of benzene rings is 1. The van der Waals surface area contributed by atoms with Gasteiger partial charge < -0.3 is 39.7 Å². The van der Waals surface area contributed by atoms with E-state index in [4.69, 9.17) is 19.3 Å². The number of aliphatic carboxylic acids is 1. The summed E-state index contributed by atoms with van der Waals surface area (Å²) in [5.74, 6) is -2.77. The molecule has 34 heavy (non-hydrogen) atoms. The highest BCUT2D eigenvalue weighted by Crippen LogP contribution is 2.24. The molecule has 1 aromatic carbocycles. The molecule has 0 spiro atoms. The normalized spacial score (nSPS) is 26.0. The maximum atomic E-state index is 12.2. The van der Waals surface area contributed by atoms with Gasteiger partial charge in [-0.1, -0.05) is 18.2 Å². The number of hydrogen-bond donors (Lipinski definition) is 5. The molecule has 11 heteroatoms. The molecule has 1 aliphatic heterocycles. The van der Waals surface area contributed by atoms with Crippen LogP contribution in [0, 0.1) is 5.92 Å². The lowest BCUT2D eigenvalue weighted by Gasteiger charge is -2.40. The molecule has 0 bridgehead atoms. The van der Waals surface area contributed by atoms with E-state index < -0.39 is 61.6 Å². The number of phenols is 1. The summed E-state index contributed by atoms with van der Waals surface area (Å²) < 4.78 is 16.1. The molecular formula is C23H30O11. The van der Waals surface area contributed by atoms with Gasteiger partial charge in [-0.3, -0.25) is 14.4 Å². The molecule has 6 atom stereocenters. The van der Waals surface area contributed by atoms with Gasteiger partial charge in [0.2, 0.25) is 0 Å². The largest absolute Gasteiger partial charge is 0.508 e. The summed E-state index contributed by atoms with van der Waals surface area (Å²) in [5, 5.41) is 48.8. The van der Waals surface area contributed by atoms with Crippen LogP contribution in [-0.4, -0.2) is 87.7 Å². The summed E-state index contributed by atoms with van der Waals surface area (Å²) in [7, 11) is 0. The highest BCUT2D eigenvalue weighted by Gasteiger charge is 2.44. The highest BCUT2D eigenvalue weighted by atomic mass is 16.7. The van der Waals surface area contributed by atoms with Gasteiger partial charge in [-0.2, -0.15) is 0 Å². The van der Waals surface area contributed by atoms with Crippen molar-refractivity contribution in [2.45, 2.75) is 56.9 Å². The van der Waals surface area contributed by atoms with Crippen molar-refractivity contribution in [2.75, 3.05) is 13.2 Å². The minimum Gasteiger partial charge on any atom is -0.508 e. The zero-order valence-electron chi connectivity index (χ0n) is 18.6. The number of aliphatic hydroxyl groups excluding tert-OH is 3. The number of carboxylic acid groups (broad SMARTS) is 1. The Labute approximate surface area is 196 Å². The first-order valence-electron chi connectivity index (χ1n) is 10.7. The van der Waals surface area contributed by atoms with E-state index in [1.54, 1.807) is 19.1 Å². The third kappa shape index (κ3) is 7.89. The van der Waals surface area contributed by atoms with Gasteiger partial charge in [-0.25, -0.2) is 0 Å². The topological polar surface area (TPSA) is 180 Å². The molecule has 188 valence electrons. The lowest BCUT2D eigenvalue weighted by atomic mass is 9.93. The van der Waals surface area contributed by atoms with Crippen LogP contribution in [0.3, 0.4) is 0 Å². The molecule has 6 unspecified atom stereocenters.